The molecule has 0 spiro atoms. The molecule has 4 nitrogen and oxygen atoms in total. The van der Waals surface area contributed by atoms with Crippen molar-refractivity contribution < 1.29 is 9.90 Å². The molecule has 1 aliphatic rings. The SMILES string of the molecule is CC(C)C1C(O)CC(=O)N1c1ccc(C#N)c(Cl)c1. The third-order valence-corrected chi connectivity index (χ3v) is 3.69. The first kappa shape index (κ1) is 13.9. The van der Waals surface area contributed by atoms with Gasteiger partial charge in [-0.15, -0.1) is 0 Å². The number of nitriles is 1. The third kappa shape index (κ3) is 2.44. The lowest BCUT2D eigenvalue weighted by molar-refractivity contribution is -0.117. The van der Waals surface area contributed by atoms with Gasteiger partial charge in [0.1, 0.15) is 6.07 Å². The zero-order chi connectivity index (χ0) is 14.2. The summed E-state index contributed by atoms with van der Waals surface area (Å²) < 4.78 is 0. The van der Waals surface area contributed by atoms with Crippen molar-refractivity contribution in [3.05, 3.63) is 28.8 Å². The molecule has 1 fully saturated rings. The number of amides is 1. The predicted octanol–water partition coefficient (Wildman–Crippen LogP) is 2.33. The van der Waals surface area contributed by atoms with E-state index in [9.17, 15) is 9.90 Å². The van der Waals surface area contributed by atoms with Crippen molar-refractivity contribution in [2.45, 2.75) is 32.4 Å². The van der Waals surface area contributed by atoms with Crippen LogP contribution in [0.2, 0.25) is 5.02 Å². The van der Waals surface area contributed by atoms with Crippen LogP contribution in [-0.4, -0.2) is 23.2 Å². The molecule has 100 valence electrons. The largest absolute Gasteiger partial charge is 0.390 e. The Hall–Kier alpha value is -1.57. The molecule has 0 bridgehead atoms. The standard InChI is InChI=1S/C14H15ClN2O2/c1-8(2)14-12(18)6-13(19)17(14)10-4-3-9(7-16)11(15)5-10/h3-5,8,12,14,18H,6H2,1-2H3. The third-order valence-electron chi connectivity index (χ3n) is 3.38. The van der Waals surface area contributed by atoms with Crippen molar-refractivity contribution >= 4 is 23.2 Å². The minimum atomic E-state index is -0.665. The maximum atomic E-state index is 12.0. The Bertz CT molecular complexity index is 551. The van der Waals surface area contributed by atoms with E-state index in [0.29, 0.717) is 16.3 Å². The van der Waals surface area contributed by atoms with Gasteiger partial charge in [0, 0.05) is 5.69 Å². The Balaban J connectivity index is 2.42. The van der Waals surface area contributed by atoms with Crippen LogP contribution in [0, 0.1) is 17.2 Å². The monoisotopic (exact) mass is 278 g/mol. The first-order chi connectivity index (χ1) is 8.95. The summed E-state index contributed by atoms with van der Waals surface area (Å²) in [6, 6.07) is 6.61. The van der Waals surface area contributed by atoms with E-state index in [4.69, 9.17) is 16.9 Å². The molecule has 0 aliphatic carbocycles. The number of carbonyl (C=O) groups excluding carboxylic acids is 1. The normalized spacial score (nSPS) is 22.9. The highest BCUT2D eigenvalue weighted by atomic mass is 35.5. The van der Waals surface area contributed by atoms with E-state index in [1.165, 1.54) is 0 Å². The molecule has 2 unspecified atom stereocenters. The van der Waals surface area contributed by atoms with Gasteiger partial charge in [-0.2, -0.15) is 5.26 Å². The van der Waals surface area contributed by atoms with Crippen molar-refractivity contribution in [2.24, 2.45) is 5.92 Å². The quantitative estimate of drug-likeness (QED) is 0.903. The van der Waals surface area contributed by atoms with Crippen molar-refractivity contribution in [1.29, 1.82) is 5.26 Å². The molecule has 1 N–H and O–H groups in total. The van der Waals surface area contributed by atoms with Gasteiger partial charge in [0.25, 0.3) is 0 Å². The van der Waals surface area contributed by atoms with Crippen LogP contribution in [0.25, 0.3) is 0 Å². The van der Waals surface area contributed by atoms with E-state index >= 15 is 0 Å². The number of nitrogens with zero attached hydrogens (tertiary/aromatic N) is 2. The summed E-state index contributed by atoms with van der Waals surface area (Å²) in [7, 11) is 0. The van der Waals surface area contributed by atoms with Gasteiger partial charge in [0.2, 0.25) is 5.91 Å². The lowest BCUT2D eigenvalue weighted by atomic mass is 9.99. The fourth-order valence-corrected chi connectivity index (χ4v) is 2.76. The van der Waals surface area contributed by atoms with Gasteiger partial charge in [-0.25, -0.2) is 0 Å². The molecule has 1 aliphatic heterocycles. The number of aliphatic hydroxyl groups excluding tert-OH is 1. The molecule has 0 saturated carbocycles. The Morgan fingerprint density at radius 1 is 1.53 bits per heavy atom. The van der Waals surface area contributed by atoms with Crippen LogP contribution in [0.1, 0.15) is 25.8 Å². The van der Waals surface area contributed by atoms with Gasteiger partial charge in [0.15, 0.2) is 0 Å². The van der Waals surface area contributed by atoms with Crippen LogP contribution in [0.15, 0.2) is 18.2 Å². The topological polar surface area (TPSA) is 64.3 Å². The Kier molecular flexibility index (Phi) is 3.79. The Morgan fingerprint density at radius 2 is 2.21 bits per heavy atom. The maximum absolute atomic E-state index is 12.0. The van der Waals surface area contributed by atoms with Crippen LogP contribution in [0.3, 0.4) is 0 Å². The molecular formula is C14H15ClN2O2. The Labute approximate surface area is 117 Å². The highest BCUT2D eigenvalue weighted by molar-refractivity contribution is 6.32. The molecule has 1 aromatic carbocycles. The summed E-state index contributed by atoms with van der Waals surface area (Å²) in [5, 5.41) is 19.2. The van der Waals surface area contributed by atoms with E-state index < -0.39 is 6.10 Å². The number of aliphatic hydroxyl groups is 1. The minimum absolute atomic E-state index is 0.119. The highest BCUT2D eigenvalue weighted by Gasteiger charge is 2.41. The number of rotatable bonds is 2. The summed E-state index contributed by atoms with van der Waals surface area (Å²) in [6.45, 7) is 3.93. The molecule has 19 heavy (non-hydrogen) atoms. The van der Waals surface area contributed by atoms with Crippen LogP contribution < -0.4 is 4.90 Å². The molecule has 0 aromatic heterocycles. The van der Waals surface area contributed by atoms with E-state index in [1.807, 2.05) is 19.9 Å². The van der Waals surface area contributed by atoms with E-state index in [1.54, 1.807) is 23.1 Å². The van der Waals surface area contributed by atoms with Gasteiger partial charge >= 0.3 is 0 Å². The highest BCUT2D eigenvalue weighted by Crippen LogP contribution is 2.33. The second-order valence-corrected chi connectivity index (χ2v) is 5.45. The number of anilines is 1. The van der Waals surface area contributed by atoms with Crippen LogP contribution in [0.4, 0.5) is 5.69 Å². The number of hydrogen-bond donors (Lipinski definition) is 1. The summed E-state index contributed by atoms with van der Waals surface area (Å²) >= 11 is 6.00. The van der Waals surface area contributed by atoms with Crippen molar-refractivity contribution in [3.63, 3.8) is 0 Å². The average molecular weight is 279 g/mol. The van der Waals surface area contributed by atoms with Crippen LogP contribution in [0.5, 0.6) is 0 Å². The van der Waals surface area contributed by atoms with Crippen molar-refractivity contribution in [2.75, 3.05) is 4.90 Å². The number of benzene rings is 1. The average Bonchev–Trinajstić information content (AvgIpc) is 2.64. The summed E-state index contributed by atoms with van der Waals surface area (Å²) in [4.78, 5) is 13.6. The minimum Gasteiger partial charge on any atom is -0.390 e. The van der Waals surface area contributed by atoms with Crippen molar-refractivity contribution in [3.8, 4) is 6.07 Å². The van der Waals surface area contributed by atoms with Gasteiger partial charge in [-0.3, -0.25) is 4.79 Å². The molecule has 5 heteroatoms. The zero-order valence-electron chi connectivity index (χ0n) is 10.8. The summed E-state index contributed by atoms with van der Waals surface area (Å²) in [6.07, 6.45) is -0.539. The molecule has 0 radical (unpaired) electrons. The van der Waals surface area contributed by atoms with E-state index in [0.717, 1.165) is 0 Å². The zero-order valence-corrected chi connectivity index (χ0v) is 11.6. The second kappa shape index (κ2) is 5.20. The maximum Gasteiger partial charge on any atom is 0.230 e. The van der Waals surface area contributed by atoms with Gasteiger partial charge < -0.3 is 10.0 Å². The van der Waals surface area contributed by atoms with E-state index in [-0.39, 0.29) is 24.3 Å². The van der Waals surface area contributed by atoms with Gasteiger partial charge in [-0.05, 0) is 24.1 Å². The first-order valence-corrected chi connectivity index (χ1v) is 6.53. The molecule has 1 saturated heterocycles. The number of carbonyl (C=O) groups is 1. The smallest absolute Gasteiger partial charge is 0.230 e. The van der Waals surface area contributed by atoms with E-state index in [2.05, 4.69) is 0 Å². The second-order valence-electron chi connectivity index (χ2n) is 5.05. The van der Waals surface area contributed by atoms with Gasteiger partial charge in [0.05, 0.1) is 29.2 Å². The van der Waals surface area contributed by atoms with Crippen LogP contribution in [-0.2, 0) is 4.79 Å². The number of halogens is 1. The summed E-state index contributed by atoms with van der Waals surface area (Å²) in [5.74, 6) is 0.0165. The fraction of sp³-hybridized carbons (Fsp3) is 0.429. The fourth-order valence-electron chi connectivity index (χ4n) is 2.54. The molecule has 1 heterocycles. The van der Waals surface area contributed by atoms with Gasteiger partial charge in [-0.1, -0.05) is 25.4 Å². The molecule has 1 aromatic rings. The Morgan fingerprint density at radius 3 is 2.74 bits per heavy atom. The molecular weight excluding hydrogens is 264 g/mol. The van der Waals surface area contributed by atoms with Crippen molar-refractivity contribution in [1.82, 2.24) is 0 Å². The van der Waals surface area contributed by atoms with Crippen LogP contribution >= 0.6 is 11.6 Å². The lowest BCUT2D eigenvalue weighted by Gasteiger charge is -2.29. The molecule has 1 amide bonds. The summed E-state index contributed by atoms with van der Waals surface area (Å²) in [5.41, 5.74) is 1.00. The first-order valence-electron chi connectivity index (χ1n) is 6.15. The molecule has 2 rings (SSSR count). The predicted molar refractivity (Wildman–Crippen MR) is 72.9 cm³/mol. The molecule has 2 atom stereocenters. The lowest BCUT2D eigenvalue weighted by Crippen LogP contribution is -2.41. The number of hydrogen-bond acceptors (Lipinski definition) is 3.